The number of H-pyrrole nitrogens is 2. The van der Waals surface area contributed by atoms with E-state index in [9.17, 15) is 24.3 Å². The van der Waals surface area contributed by atoms with Gasteiger partial charge < -0.3 is 39.5 Å². The van der Waals surface area contributed by atoms with Gasteiger partial charge in [0, 0.05) is 25.8 Å². The first-order valence-corrected chi connectivity index (χ1v) is 25.4. The van der Waals surface area contributed by atoms with Crippen LogP contribution in [-0.4, -0.2) is 108 Å². The molecule has 3 aromatic carbocycles. The largest absolute Gasteiger partial charge is 0.465 e. The van der Waals surface area contributed by atoms with Crippen molar-refractivity contribution in [1.82, 2.24) is 44.5 Å². The summed E-state index contributed by atoms with van der Waals surface area (Å²) in [5, 5.41) is 12.4. The topological polar surface area (TPSA) is 182 Å². The normalized spacial score (nSPS) is 18.3. The molecule has 2 saturated heterocycles. The number of likely N-dealkylation sites (N-methyl/N-ethyl adjacent to an activating group) is 1. The summed E-state index contributed by atoms with van der Waals surface area (Å²) in [6, 6.07) is 28.5. The molecular weight excluding hydrogens is 895 g/mol. The first-order valence-electron chi connectivity index (χ1n) is 25.4. The number of methoxy groups -OCH3 is 1. The summed E-state index contributed by atoms with van der Waals surface area (Å²) in [4.78, 5) is 72.9. The molecule has 0 unspecified atom stereocenters. The van der Waals surface area contributed by atoms with Crippen LogP contribution in [0.5, 0.6) is 0 Å². The molecule has 6 aromatic rings. The van der Waals surface area contributed by atoms with Crippen LogP contribution in [0.4, 0.5) is 9.59 Å². The zero-order valence-corrected chi connectivity index (χ0v) is 41.7. The first kappa shape index (κ1) is 48.8. The highest BCUT2D eigenvalue weighted by Gasteiger charge is 2.40. The van der Waals surface area contributed by atoms with Crippen molar-refractivity contribution in [2.24, 2.45) is 11.8 Å². The van der Waals surface area contributed by atoms with E-state index in [1.807, 2.05) is 45.0 Å². The lowest BCUT2D eigenvalue weighted by Crippen LogP contribution is -2.51. The van der Waals surface area contributed by atoms with Gasteiger partial charge in [0.1, 0.15) is 23.7 Å². The summed E-state index contributed by atoms with van der Waals surface area (Å²) in [7, 11) is 2.76. The van der Waals surface area contributed by atoms with Crippen LogP contribution < -0.4 is 5.32 Å². The monoisotopic (exact) mass is 962 g/mol. The van der Waals surface area contributed by atoms with Crippen molar-refractivity contribution in [2.75, 3.05) is 27.2 Å². The number of carbonyl (C=O) groups excluding carboxylic acids is 3. The van der Waals surface area contributed by atoms with E-state index in [1.165, 1.54) is 51.8 Å². The summed E-state index contributed by atoms with van der Waals surface area (Å²) in [6.45, 7) is 8.71. The van der Waals surface area contributed by atoms with E-state index < -0.39 is 24.3 Å². The second-order valence-corrected chi connectivity index (χ2v) is 20.2. The van der Waals surface area contributed by atoms with Crippen molar-refractivity contribution in [1.29, 1.82) is 0 Å². The number of hydrogen-bond acceptors (Lipinski definition) is 7. The molecule has 0 spiro atoms. The van der Waals surface area contributed by atoms with Crippen LogP contribution in [0.1, 0.15) is 121 Å². The number of nitrogens with zero attached hydrogens (tertiary/aromatic N) is 6. The smallest absolute Gasteiger partial charge is 0.407 e. The fourth-order valence-corrected chi connectivity index (χ4v) is 11.1. The van der Waals surface area contributed by atoms with Crippen LogP contribution in [0.3, 0.4) is 0 Å². The van der Waals surface area contributed by atoms with Gasteiger partial charge in [0.2, 0.25) is 11.8 Å². The van der Waals surface area contributed by atoms with Crippen molar-refractivity contribution in [3.8, 4) is 50.7 Å². The molecule has 1 saturated carbocycles. The summed E-state index contributed by atoms with van der Waals surface area (Å²) in [5.41, 5.74) is 10.3. The van der Waals surface area contributed by atoms with E-state index in [4.69, 9.17) is 14.7 Å². The van der Waals surface area contributed by atoms with Gasteiger partial charge in [-0.15, -0.1) is 0 Å². The Morgan fingerprint density at radius 3 is 1.61 bits per heavy atom. The third kappa shape index (κ3) is 10.1. The molecule has 5 heterocycles. The van der Waals surface area contributed by atoms with Gasteiger partial charge in [-0.05, 0) is 108 Å². The molecule has 1 aliphatic carbocycles. The highest BCUT2D eigenvalue weighted by atomic mass is 16.5. The Morgan fingerprint density at radius 1 is 0.648 bits per heavy atom. The van der Waals surface area contributed by atoms with Crippen molar-refractivity contribution >= 4 is 24.0 Å². The van der Waals surface area contributed by atoms with Crippen LogP contribution in [0, 0.1) is 11.8 Å². The molecule has 372 valence electrons. The lowest BCUT2D eigenvalue weighted by atomic mass is 9.84. The number of hydrogen-bond donors (Lipinski definition) is 4. The summed E-state index contributed by atoms with van der Waals surface area (Å²) in [6.07, 6.45) is 11.4. The number of carbonyl (C=O) groups is 4. The van der Waals surface area contributed by atoms with E-state index in [-0.39, 0.29) is 35.7 Å². The Hall–Kier alpha value is -7.16. The molecule has 4 atom stereocenters. The number of aromatic amines is 2. The number of likely N-dealkylation sites (tertiary alicyclic amines) is 2. The molecular formula is C56H67N9O6. The molecule has 3 fully saturated rings. The number of imidazole rings is 2. The lowest BCUT2D eigenvalue weighted by molar-refractivity contribution is -0.138. The van der Waals surface area contributed by atoms with Crippen LogP contribution in [0.25, 0.3) is 50.7 Å². The van der Waals surface area contributed by atoms with Gasteiger partial charge >= 0.3 is 12.2 Å². The lowest BCUT2D eigenvalue weighted by Gasteiger charge is -2.33. The van der Waals surface area contributed by atoms with Crippen molar-refractivity contribution in [3.63, 3.8) is 0 Å². The molecule has 0 radical (unpaired) electrons. The minimum Gasteiger partial charge on any atom is -0.465 e. The van der Waals surface area contributed by atoms with Gasteiger partial charge in [0.05, 0.1) is 54.4 Å². The highest BCUT2D eigenvalue weighted by Crippen LogP contribution is 2.39. The average molecular weight is 962 g/mol. The van der Waals surface area contributed by atoms with Gasteiger partial charge in [-0.2, -0.15) is 0 Å². The Bertz CT molecular complexity index is 2820. The molecule has 2 aliphatic heterocycles. The van der Waals surface area contributed by atoms with Crippen molar-refractivity contribution in [2.45, 2.75) is 116 Å². The standard InChI is InChI=1S/C56H67N9O6/c1-34(2)49(61-55(68)71-6)53(66)63-30-10-14-47(63)51-57-32-43(59-51)38-16-20-40(21-17-38)45-28-29-46(65(45)42-26-24-37(25-27-42)36-12-8-7-9-13-36)41-22-18-39(19-23-41)44-33-58-52(60-44)48-15-11-31-64(48)54(67)50(35(3)4)62(5)56(69)70/h16-29,32-36,47-50H,7-15,30-31H2,1-6H3,(H,57,59)(H,58,60)(H,61,68)(H,69,70)/t47-,48-,49-,50-/m0/s1. The fraction of sp³-hybridized carbons (Fsp3) is 0.429. The van der Waals surface area contributed by atoms with Crippen molar-refractivity contribution in [3.05, 3.63) is 115 Å². The Morgan fingerprint density at radius 2 is 1.14 bits per heavy atom. The minimum absolute atomic E-state index is 0.119. The molecule has 15 nitrogen and oxygen atoms in total. The Labute approximate surface area is 416 Å². The van der Waals surface area contributed by atoms with Crippen LogP contribution in [0.2, 0.25) is 0 Å². The van der Waals surface area contributed by atoms with E-state index >= 15 is 0 Å². The molecule has 4 amide bonds. The maximum atomic E-state index is 13.8. The summed E-state index contributed by atoms with van der Waals surface area (Å²) >= 11 is 0. The Kier molecular flexibility index (Phi) is 14.5. The molecule has 4 N–H and O–H groups in total. The quantitative estimate of drug-likeness (QED) is 0.0832. The van der Waals surface area contributed by atoms with Gasteiger partial charge in [0.25, 0.3) is 0 Å². The molecule has 9 rings (SSSR count). The highest BCUT2D eigenvalue weighted by molar-refractivity contribution is 5.87. The molecule has 0 bridgehead atoms. The van der Waals surface area contributed by atoms with E-state index in [2.05, 4.69) is 105 Å². The summed E-state index contributed by atoms with van der Waals surface area (Å²) < 4.78 is 7.15. The van der Waals surface area contributed by atoms with Crippen LogP contribution >= 0.6 is 0 Å². The molecule has 3 aliphatic rings. The minimum atomic E-state index is -1.12. The number of ether oxygens (including phenoxy) is 1. The average Bonchev–Trinajstić information content (AvgIpc) is 4.25. The van der Waals surface area contributed by atoms with Gasteiger partial charge in [0.15, 0.2) is 0 Å². The van der Waals surface area contributed by atoms with Gasteiger partial charge in [-0.3, -0.25) is 14.5 Å². The number of alkyl carbamates (subject to hydrolysis) is 1. The number of aromatic nitrogens is 5. The maximum absolute atomic E-state index is 13.8. The second kappa shape index (κ2) is 21.1. The number of carboxylic acid groups (broad SMARTS) is 1. The van der Waals surface area contributed by atoms with Crippen LogP contribution in [0.15, 0.2) is 97.3 Å². The van der Waals surface area contributed by atoms with Gasteiger partial charge in [-0.1, -0.05) is 108 Å². The predicted octanol–water partition coefficient (Wildman–Crippen LogP) is 11.0. The second-order valence-electron chi connectivity index (χ2n) is 20.2. The number of nitrogens with one attached hydrogen (secondary N) is 3. The molecule has 71 heavy (non-hydrogen) atoms. The zero-order chi connectivity index (χ0) is 49.9. The van der Waals surface area contributed by atoms with Gasteiger partial charge in [-0.25, -0.2) is 19.6 Å². The predicted molar refractivity (Wildman–Crippen MR) is 274 cm³/mol. The molecule has 15 heteroatoms. The van der Waals surface area contributed by atoms with E-state index in [0.717, 1.165) is 87.1 Å². The maximum Gasteiger partial charge on any atom is 0.407 e. The molecule has 3 aromatic heterocycles. The number of amides is 4. The SMILES string of the molecule is COC(=O)N[C@H](C(=O)N1CCC[C@H]1c1ncc(-c2ccc(-c3ccc(-c4ccc(-c5cnc([C@@H]6CCCN6C(=O)[C@H](C(C)C)N(C)C(=O)O)[nH]5)cc4)n3-c3ccc(C4CCCCC4)cc3)cc2)[nH]1)C(C)C. The first-order chi connectivity index (χ1) is 34.3. The number of rotatable bonds is 14. The van der Waals surface area contributed by atoms with E-state index in [1.54, 1.807) is 4.90 Å². The fourth-order valence-electron chi connectivity index (χ4n) is 11.1. The third-order valence-electron chi connectivity index (χ3n) is 15.0. The number of benzene rings is 3. The van der Waals surface area contributed by atoms with Crippen LogP contribution in [-0.2, 0) is 14.3 Å². The van der Waals surface area contributed by atoms with Crippen molar-refractivity contribution < 1.29 is 29.0 Å². The Balaban J connectivity index is 0.971. The zero-order valence-electron chi connectivity index (χ0n) is 41.7. The summed E-state index contributed by atoms with van der Waals surface area (Å²) in [5.74, 6) is 1.37. The van der Waals surface area contributed by atoms with E-state index in [0.29, 0.717) is 24.8 Å². The third-order valence-corrected chi connectivity index (χ3v) is 15.0.